The summed E-state index contributed by atoms with van der Waals surface area (Å²) in [5.41, 5.74) is 1.18. The molecule has 0 atom stereocenters. The highest BCUT2D eigenvalue weighted by atomic mass is 16.2. The molecular formula is C21H36N6O. The Morgan fingerprint density at radius 2 is 1.93 bits per heavy atom. The van der Waals surface area contributed by atoms with Crippen LogP contribution in [0.15, 0.2) is 12.3 Å². The van der Waals surface area contributed by atoms with Crippen LogP contribution in [-0.4, -0.2) is 89.6 Å². The molecule has 3 rings (SSSR count). The van der Waals surface area contributed by atoms with Crippen LogP contribution < -0.4 is 5.32 Å². The van der Waals surface area contributed by atoms with Gasteiger partial charge in [-0.1, -0.05) is 6.92 Å². The fourth-order valence-corrected chi connectivity index (χ4v) is 4.50. The van der Waals surface area contributed by atoms with Gasteiger partial charge in [-0.2, -0.15) is 0 Å². The molecule has 2 saturated heterocycles. The van der Waals surface area contributed by atoms with Crippen LogP contribution >= 0.6 is 0 Å². The van der Waals surface area contributed by atoms with E-state index in [1.165, 1.54) is 0 Å². The van der Waals surface area contributed by atoms with Crippen LogP contribution in [0.4, 0.5) is 4.79 Å². The van der Waals surface area contributed by atoms with E-state index in [9.17, 15) is 4.79 Å². The Balaban J connectivity index is 1.50. The fraction of sp³-hybridized carbons (Fsp3) is 0.762. The van der Waals surface area contributed by atoms with Gasteiger partial charge in [0.15, 0.2) is 0 Å². The molecule has 7 heteroatoms. The molecule has 2 aliphatic rings. The van der Waals surface area contributed by atoms with Gasteiger partial charge in [0.1, 0.15) is 5.82 Å². The second-order valence-electron chi connectivity index (χ2n) is 8.50. The van der Waals surface area contributed by atoms with Crippen LogP contribution in [-0.2, 0) is 0 Å². The van der Waals surface area contributed by atoms with E-state index >= 15 is 0 Å². The van der Waals surface area contributed by atoms with Crippen LogP contribution in [0.3, 0.4) is 0 Å². The minimum Gasteiger partial charge on any atom is -0.336 e. The normalized spacial score (nSPS) is 21.1. The molecule has 2 aliphatic heterocycles. The smallest absolute Gasteiger partial charge is 0.317 e. The van der Waals surface area contributed by atoms with Gasteiger partial charge in [0.25, 0.3) is 0 Å². The number of rotatable bonds is 5. The van der Waals surface area contributed by atoms with E-state index < -0.39 is 0 Å². The van der Waals surface area contributed by atoms with Gasteiger partial charge in [-0.05, 0) is 72.4 Å². The number of piperidine rings is 2. The highest BCUT2D eigenvalue weighted by Crippen LogP contribution is 2.28. The Bertz CT molecular complexity index is 648. The third kappa shape index (κ3) is 4.81. The molecular weight excluding hydrogens is 352 g/mol. The summed E-state index contributed by atoms with van der Waals surface area (Å²) >= 11 is 0. The molecule has 0 radical (unpaired) electrons. The van der Waals surface area contributed by atoms with Crippen molar-refractivity contribution in [2.75, 3.05) is 53.4 Å². The fourth-order valence-electron chi connectivity index (χ4n) is 4.50. The van der Waals surface area contributed by atoms with Crippen molar-refractivity contribution in [3.8, 4) is 0 Å². The molecule has 2 fully saturated rings. The molecule has 2 amide bonds. The highest BCUT2D eigenvalue weighted by Gasteiger charge is 2.37. The summed E-state index contributed by atoms with van der Waals surface area (Å²) in [6.45, 7) is 9.77. The molecule has 156 valence electrons. The van der Waals surface area contributed by atoms with Crippen molar-refractivity contribution in [2.45, 2.75) is 51.0 Å². The third-order valence-corrected chi connectivity index (χ3v) is 6.75. The lowest BCUT2D eigenvalue weighted by molar-refractivity contribution is 0.0582. The predicted octanol–water partition coefficient (Wildman–Crippen LogP) is 2.09. The van der Waals surface area contributed by atoms with Crippen molar-refractivity contribution in [3.63, 3.8) is 0 Å². The van der Waals surface area contributed by atoms with Crippen molar-refractivity contribution >= 4 is 6.03 Å². The molecule has 0 unspecified atom stereocenters. The number of carbonyl (C=O) groups excluding carboxylic acids is 1. The van der Waals surface area contributed by atoms with Crippen molar-refractivity contribution in [2.24, 2.45) is 0 Å². The molecule has 0 bridgehead atoms. The molecule has 28 heavy (non-hydrogen) atoms. The Kier molecular flexibility index (Phi) is 6.88. The number of likely N-dealkylation sites (N-methyl/N-ethyl adjacent to an activating group) is 1. The van der Waals surface area contributed by atoms with Gasteiger partial charge in [0.2, 0.25) is 0 Å². The maximum absolute atomic E-state index is 12.8. The number of likely N-dealkylation sites (tertiary alicyclic amines) is 2. The summed E-state index contributed by atoms with van der Waals surface area (Å²) in [7, 11) is 4.28. The number of aromatic nitrogens is 2. The number of urea groups is 1. The number of nitrogens with one attached hydrogen (secondary N) is 1. The van der Waals surface area contributed by atoms with Crippen molar-refractivity contribution < 1.29 is 4.79 Å². The second-order valence-corrected chi connectivity index (χ2v) is 8.50. The first kappa shape index (κ1) is 21.0. The minimum atomic E-state index is 0.0676. The highest BCUT2D eigenvalue weighted by molar-refractivity contribution is 5.74. The zero-order valence-electron chi connectivity index (χ0n) is 17.9. The van der Waals surface area contributed by atoms with E-state index in [0.717, 1.165) is 76.5 Å². The second kappa shape index (κ2) is 9.18. The summed E-state index contributed by atoms with van der Waals surface area (Å²) < 4.78 is 0. The predicted molar refractivity (Wildman–Crippen MR) is 111 cm³/mol. The number of nitrogens with zero attached hydrogens (tertiary/aromatic N) is 5. The van der Waals surface area contributed by atoms with E-state index in [-0.39, 0.29) is 11.6 Å². The maximum Gasteiger partial charge on any atom is 0.317 e. The Labute approximate surface area is 169 Å². The zero-order chi connectivity index (χ0) is 20.1. The van der Waals surface area contributed by atoms with Crippen LogP contribution in [0.25, 0.3) is 0 Å². The number of hydrogen-bond acceptors (Lipinski definition) is 5. The first-order chi connectivity index (χ1) is 13.4. The summed E-state index contributed by atoms with van der Waals surface area (Å²) in [5, 5.41) is 3.24. The van der Waals surface area contributed by atoms with Gasteiger partial charge in [0, 0.05) is 43.0 Å². The van der Waals surface area contributed by atoms with E-state index in [2.05, 4.69) is 46.1 Å². The summed E-state index contributed by atoms with van der Waals surface area (Å²) in [5.74, 6) is 1.25. The average molecular weight is 389 g/mol. The summed E-state index contributed by atoms with van der Waals surface area (Å²) in [6.07, 6.45) is 5.97. The van der Waals surface area contributed by atoms with Gasteiger partial charge in [-0.15, -0.1) is 0 Å². The largest absolute Gasteiger partial charge is 0.336 e. The molecule has 1 aromatic rings. The van der Waals surface area contributed by atoms with Gasteiger partial charge in [0.05, 0.1) is 0 Å². The monoisotopic (exact) mass is 388 g/mol. The maximum atomic E-state index is 12.8. The number of carbonyl (C=O) groups is 1. The van der Waals surface area contributed by atoms with Crippen LogP contribution in [0.5, 0.6) is 0 Å². The molecule has 1 N–H and O–H groups in total. The lowest BCUT2D eigenvalue weighted by atomic mass is 9.86. The molecule has 0 aliphatic carbocycles. The van der Waals surface area contributed by atoms with E-state index in [4.69, 9.17) is 0 Å². The van der Waals surface area contributed by atoms with Crippen molar-refractivity contribution in [3.05, 3.63) is 23.8 Å². The van der Waals surface area contributed by atoms with Gasteiger partial charge in [-0.3, -0.25) is 0 Å². The number of aryl methyl sites for hydroxylation is 1. The first-order valence-corrected chi connectivity index (χ1v) is 10.7. The first-order valence-electron chi connectivity index (χ1n) is 10.7. The molecule has 7 nitrogen and oxygen atoms in total. The number of hydrogen-bond donors (Lipinski definition) is 1. The summed E-state index contributed by atoms with van der Waals surface area (Å²) in [4.78, 5) is 28.3. The van der Waals surface area contributed by atoms with E-state index in [1.54, 1.807) is 0 Å². The van der Waals surface area contributed by atoms with Crippen molar-refractivity contribution in [1.29, 1.82) is 0 Å². The van der Waals surface area contributed by atoms with Gasteiger partial charge in [-0.25, -0.2) is 14.8 Å². The third-order valence-electron chi connectivity index (χ3n) is 6.75. The Morgan fingerprint density at radius 3 is 2.50 bits per heavy atom. The molecule has 3 heterocycles. The topological polar surface area (TPSA) is 64.6 Å². The van der Waals surface area contributed by atoms with Crippen LogP contribution in [0.2, 0.25) is 0 Å². The van der Waals surface area contributed by atoms with Crippen LogP contribution in [0, 0.1) is 6.92 Å². The molecule has 0 saturated carbocycles. The Morgan fingerprint density at radius 1 is 1.25 bits per heavy atom. The lowest BCUT2D eigenvalue weighted by Gasteiger charge is -2.46. The zero-order valence-corrected chi connectivity index (χ0v) is 17.9. The SMILES string of the molecule is CCN1CCC(CNC(=O)N2CCC(c3ccnc(C)n3)CC2)(N(C)C)CC1. The van der Waals surface area contributed by atoms with Crippen LogP contribution in [0.1, 0.15) is 50.0 Å². The number of amides is 2. The molecule has 0 aromatic carbocycles. The van der Waals surface area contributed by atoms with Gasteiger partial charge >= 0.3 is 6.03 Å². The minimum absolute atomic E-state index is 0.0676. The van der Waals surface area contributed by atoms with Gasteiger partial charge < -0.3 is 20.0 Å². The van der Waals surface area contributed by atoms with E-state index in [1.807, 2.05) is 24.1 Å². The van der Waals surface area contributed by atoms with E-state index in [0.29, 0.717) is 5.92 Å². The standard InChI is InChI=1S/C21H36N6O/c1-5-26-14-9-21(10-15-26,25(3)4)16-23-20(28)27-12-7-18(8-13-27)19-6-11-22-17(2)24-19/h6,11,18H,5,7-10,12-16H2,1-4H3,(H,23,28). The molecule has 1 aromatic heterocycles. The quantitative estimate of drug-likeness (QED) is 0.837. The lowest BCUT2D eigenvalue weighted by Crippen LogP contribution is -2.59. The van der Waals surface area contributed by atoms with Crippen molar-refractivity contribution in [1.82, 2.24) is 30.0 Å². The summed E-state index contributed by atoms with van der Waals surface area (Å²) in [6, 6.07) is 2.09. The average Bonchev–Trinajstić information content (AvgIpc) is 2.72. The Hall–Kier alpha value is -1.73. The molecule has 0 spiro atoms.